The first-order valence-electron chi connectivity index (χ1n) is 4.70. The number of ether oxygens (including phenoxy) is 1. The van der Waals surface area contributed by atoms with Gasteiger partial charge in [-0.05, 0) is 40.5 Å². The van der Waals surface area contributed by atoms with Crippen LogP contribution in [0.1, 0.15) is 15.2 Å². The lowest BCUT2D eigenvalue weighted by Gasteiger charge is -2.01. The number of aromatic nitrogens is 1. The zero-order chi connectivity index (χ0) is 12.4. The van der Waals surface area contributed by atoms with Gasteiger partial charge in [0.2, 0.25) is 0 Å². The highest BCUT2D eigenvalue weighted by Crippen LogP contribution is 2.32. The molecular weight excluding hydrogens is 306 g/mol. The number of nitrogens with zero attached hydrogens (tertiary/aromatic N) is 1. The van der Waals surface area contributed by atoms with Crippen LogP contribution in [-0.2, 0) is 0 Å². The quantitative estimate of drug-likeness (QED) is 0.938. The van der Waals surface area contributed by atoms with Gasteiger partial charge in [0.25, 0.3) is 5.19 Å². The number of rotatable bonds is 3. The van der Waals surface area contributed by atoms with Crippen LogP contribution in [0.15, 0.2) is 28.9 Å². The summed E-state index contributed by atoms with van der Waals surface area (Å²) in [5.74, 6) is -0.378. The maximum atomic E-state index is 10.8. The minimum absolute atomic E-state index is 0.132. The highest BCUT2D eigenvalue weighted by molar-refractivity contribution is 9.10. The molecule has 0 unspecified atom stereocenters. The molecule has 0 spiro atoms. The number of thiazole rings is 1. The fraction of sp³-hybridized carbons (Fsp3) is 0.0909. The Balaban J connectivity index is 2.25. The standard InChI is InChI=1S/C11H8BrNO3S/c1-6-3-2-4-7(5-6)16-11-13-9(12)8(17-11)10(14)15/h2-5H,1H3,(H,14,15). The van der Waals surface area contributed by atoms with Gasteiger partial charge >= 0.3 is 5.97 Å². The van der Waals surface area contributed by atoms with Crippen LogP contribution < -0.4 is 4.74 Å². The number of hydrogen-bond donors (Lipinski definition) is 1. The Morgan fingerprint density at radius 1 is 1.53 bits per heavy atom. The third-order valence-corrected chi connectivity index (χ3v) is 3.71. The number of carboxylic acid groups (broad SMARTS) is 1. The number of aromatic carboxylic acids is 1. The van der Waals surface area contributed by atoms with Crippen molar-refractivity contribution < 1.29 is 14.6 Å². The highest BCUT2D eigenvalue weighted by Gasteiger charge is 2.16. The molecule has 1 aromatic heterocycles. The van der Waals surface area contributed by atoms with Gasteiger partial charge in [-0.2, -0.15) is 4.98 Å². The minimum Gasteiger partial charge on any atom is -0.477 e. The van der Waals surface area contributed by atoms with Gasteiger partial charge in [-0.25, -0.2) is 4.79 Å². The molecule has 0 amide bonds. The summed E-state index contributed by atoms with van der Waals surface area (Å²) in [4.78, 5) is 14.9. The molecular formula is C11H8BrNO3S. The van der Waals surface area contributed by atoms with Gasteiger partial charge in [0.1, 0.15) is 15.2 Å². The molecule has 2 rings (SSSR count). The van der Waals surface area contributed by atoms with E-state index in [4.69, 9.17) is 9.84 Å². The van der Waals surface area contributed by atoms with E-state index in [1.807, 2.05) is 25.1 Å². The van der Waals surface area contributed by atoms with Gasteiger partial charge in [-0.3, -0.25) is 0 Å². The molecule has 6 heteroatoms. The normalized spacial score (nSPS) is 10.2. The smallest absolute Gasteiger partial charge is 0.348 e. The van der Waals surface area contributed by atoms with E-state index in [1.54, 1.807) is 6.07 Å². The van der Waals surface area contributed by atoms with E-state index in [-0.39, 0.29) is 9.48 Å². The summed E-state index contributed by atoms with van der Waals surface area (Å²) in [6, 6.07) is 7.47. The van der Waals surface area contributed by atoms with Crippen LogP contribution in [0.3, 0.4) is 0 Å². The molecule has 0 fully saturated rings. The van der Waals surface area contributed by atoms with Gasteiger partial charge in [0.15, 0.2) is 0 Å². The van der Waals surface area contributed by atoms with Crippen LogP contribution in [0.25, 0.3) is 0 Å². The predicted octanol–water partition coefficient (Wildman–Crippen LogP) is 3.70. The summed E-state index contributed by atoms with van der Waals surface area (Å²) >= 11 is 4.07. The summed E-state index contributed by atoms with van der Waals surface area (Å²) in [6.45, 7) is 1.95. The third-order valence-electron chi connectivity index (χ3n) is 1.96. The second-order valence-electron chi connectivity index (χ2n) is 3.32. The summed E-state index contributed by atoms with van der Waals surface area (Å²) in [6.07, 6.45) is 0. The molecule has 1 heterocycles. The Hall–Kier alpha value is -1.40. The first-order chi connectivity index (χ1) is 8.06. The Labute approximate surface area is 110 Å². The zero-order valence-corrected chi connectivity index (χ0v) is 11.2. The second-order valence-corrected chi connectivity index (χ2v) is 5.04. The van der Waals surface area contributed by atoms with Gasteiger partial charge in [-0.15, -0.1) is 0 Å². The van der Waals surface area contributed by atoms with E-state index in [9.17, 15) is 4.79 Å². The minimum atomic E-state index is -1.02. The Kier molecular flexibility index (Phi) is 3.44. The SMILES string of the molecule is Cc1cccc(Oc2nc(Br)c(C(=O)O)s2)c1. The first-order valence-corrected chi connectivity index (χ1v) is 6.31. The molecule has 2 aromatic rings. The van der Waals surface area contributed by atoms with Crippen molar-refractivity contribution in [2.75, 3.05) is 0 Å². The molecule has 0 radical (unpaired) electrons. The van der Waals surface area contributed by atoms with Crippen LogP contribution in [0.4, 0.5) is 0 Å². The molecule has 4 nitrogen and oxygen atoms in total. The Morgan fingerprint density at radius 3 is 2.88 bits per heavy atom. The molecule has 0 saturated carbocycles. The monoisotopic (exact) mass is 313 g/mol. The molecule has 0 aliphatic carbocycles. The van der Waals surface area contributed by atoms with E-state index < -0.39 is 5.97 Å². The second kappa shape index (κ2) is 4.85. The predicted molar refractivity (Wildman–Crippen MR) is 68.0 cm³/mol. The lowest BCUT2D eigenvalue weighted by molar-refractivity contribution is 0.0701. The van der Waals surface area contributed by atoms with Crippen molar-refractivity contribution in [1.29, 1.82) is 0 Å². The van der Waals surface area contributed by atoms with Crippen LogP contribution >= 0.6 is 27.3 Å². The number of hydrogen-bond acceptors (Lipinski definition) is 4. The van der Waals surface area contributed by atoms with Gasteiger partial charge in [0.05, 0.1) is 0 Å². The van der Waals surface area contributed by atoms with Gasteiger partial charge in [-0.1, -0.05) is 23.5 Å². The molecule has 0 atom stereocenters. The number of aryl methyl sites for hydroxylation is 1. The molecule has 0 aliphatic rings. The Bertz CT molecular complexity index is 568. The molecule has 1 aromatic carbocycles. The van der Waals surface area contributed by atoms with Gasteiger partial charge in [0, 0.05) is 0 Å². The maximum Gasteiger partial charge on any atom is 0.348 e. The van der Waals surface area contributed by atoms with E-state index in [0.29, 0.717) is 10.9 Å². The topological polar surface area (TPSA) is 59.4 Å². The average Bonchev–Trinajstić information content (AvgIpc) is 2.59. The van der Waals surface area contributed by atoms with E-state index >= 15 is 0 Å². The molecule has 17 heavy (non-hydrogen) atoms. The first kappa shape index (κ1) is 12.1. The summed E-state index contributed by atoms with van der Waals surface area (Å²) in [5.41, 5.74) is 1.07. The van der Waals surface area contributed by atoms with Crippen molar-refractivity contribution >= 4 is 33.2 Å². The van der Waals surface area contributed by atoms with Crippen LogP contribution in [-0.4, -0.2) is 16.1 Å². The largest absolute Gasteiger partial charge is 0.477 e. The van der Waals surface area contributed by atoms with Crippen LogP contribution in [0, 0.1) is 6.92 Å². The Morgan fingerprint density at radius 2 is 2.29 bits per heavy atom. The summed E-state index contributed by atoms with van der Waals surface area (Å²) in [5, 5.41) is 9.18. The third kappa shape index (κ3) is 2.83. The van der Waals surface area contributed by atoms with Crippen molar-refractivity contribution in [2.45, 2.75) is 6.92 Å². The molecule has 0 saturated heterocycles. The molecule has 0 aliphatic heterocycles. The van der Waals surface area contributed by atoms with Crippen molar-refractivity contribution in [3.05, 3.63) is 39.3 Å². The number of carboxylic acids is 1. The van der Waals surface area contributed by atoms with Gasteiger partial charge < -0.3 is 9.84 Å². The lowest BCUT2D eigenvalue weighted by atomic mass is 10.2. The summed E-state index contributed by atoms with van der Waals surface area (Å²) in [7, 11) is 0. The van der Waals surface area contributed by atoms with Crippen molar-refractivity contribution in [3.8, 4) is 10.9 Å². The van der Waals surface area contributed by atoms with E-state index in [0.717, 1.165) is 16.9 Å². The average molecular weight is 314 g/mol. The van der Waals surface area contributed by atoms with Crippen molar-refractivity contribution in [3.63, 3.8) is 0 Å². The molecule has 1 N–H and O–H groups in total. The van der Waals surface area contributed by atoms with E-state index in [1.165, 1.54) is 0 Å². The molecule has 88 valence electrons. The van der Waals surface area contributed by atoms with Crippen LogP contribution in [0.5, 0.6) is 10.9 Å². The lowest BCUT2D eigenvalue weighted by Crippen LogP contribution is -1.91. The number of benzene rings is 1. The van der Waals surface area contributed by atoms with Crippen LogP contribution in [0.2, 0.25) is 0 Å². The molecule has 0 bridgehead atoms. The fourth-order valence-corrected chi connectivity index (χ4v) is 2.60. The van der Waals surface area contributed by atoms with E-state index in [2.05, 4.69) is 20.9 Å². The number of halogens is 1. The highest BCUT2D eigenvalue weighted by atomic mass is 79.9. The fourth-order valence-electron chi connectivity index (χ4n) is 1.24. The maximum absolute atomic E-state index is 10.8. The van der Waals surface area contributed by atoms with Crippen molar-refractivity contribution in [1.82, 2.24) is 4.98 Å². The zero-order valence-electron chi connectivity index (χ0n) is 8.81. The number of carbonyl (C=O) groups is 1. The summed E-state index contributed by atoms with van der Waals surface area (Å²) < 4.78 is 5.77. The van der Waals surface area contributed by atoms with Crippen molar-refractivity contribution in [2.24, 2.45) is 0 Å².